The number of hydrogen-bond donors (Lipinski definition) is 2. The van der Waals surface area contributed by atoms with E-state index in [4.69, 9.17) is 10.5 Å². The first-order valence-corrected chi connectivity index (χ1v) is 11.9. The molecule has 4 aliphatic carbocycles. The summed E-state index contributed by atoms with van der Waals surface area (Å²) in [6.45, 7) is 5.56. The standard InChI is InChI=1S/C25H36N2O3/c1-24-9-7-17(27-22(28)13-26)12-16(24)3-4-18-20-6-5-19(15-11-23(29)30-14-15)25(20,2)10-8-21(18)24/h6,11,16-19,21H,3-5,7-10,12-14,26H2,1-2H3,(H,27,28)/t16-,17+,18+,19-,21+,24+,25-/m1/s1. The highest BCUT2D eigenvalue weighted by Gasteiger charge is 2.58. The lowest BCUT2D eigenvalue weighted by atomic mass is 9.45. The fourth-order valence-corrected chi connectivity index (χ4v) is 8.16. The highest BCUT2D eigenvalue weighted by Crippen LogP contribution is 2.66. The van der Waals surface area contributed by atoms with Crippen LogP contribution in [0.5, 0.6) is 0 Å². The zero-order valence-corrected chi connectivity index (χ0v) is 18.4. The summed E-state index contributed by atoms with van der Waals surface area (Å²) in [5.74, 6) is 2.38. The van der Waals surface area contributed by atoms with E-state index in [0.717, 1.165) is 25.2 Å². The average Bonchev–Trinajstić information content (AvgIpc) is 3.30. The van der Waals surface area contributed by atoms with Gasteiger partial charge in [-0.15, -0.1) is 0 Å². The molecule has 5 rings (SSSR count). The van der Waals surface area contributed by atoms with Crippen molar-refractivity contribution in [1.29, 1.82) is 0 Å². The molecule has 0 spiro atoms. The number of nitrogens with two attached hydrogens (primary N) is 1. The van der Waals surface area contributed by atoms with E-state index in [1.54, 1.807) is 11.6 Å². The predicted octanol–water partition coefficient (Wildman–Crippen LogP) is 3.49. The molecule has 5 aliphatic rings. The number of rotatable bonds is 3. The molecule has 30 heavy (non-hydrogen) atoms. The Morgan fingerprint density at radius 3 is 2.80 bits per heavy atom. The van der Waals surface area contributed by atoms with Crippen molar-refractivity contribution in [2.45, 2.75) is 71.3 Å². The molecule has 5 nitrogen and oxygen atoms in total. The van der Waals surface area contributed by atoms with Crippen molar-refractivity contribution in [3.05, 3.63) is 23.3 Å². The summed E-state index contributed by atoms with van der Waals surface area (Å²) in [4.78, 5) is 23.5. The van der Waals surface area contributed by atoms with Crippen LogP contribution in [-0.2, 0) is 14.3 Å². The summed E-state index contributed by atoms with van der Waals surface area (Å²) >= 11 is 0. The van der Waals surface area contributed by atoms with E-state index in [9.17, 15) is 9.59 Å². The molecule has 0 unspecified atom stereocenters. The number of amides is 1. The Hall–Kier alpha value is -1.62. The molecular formula is C25H36N2O3. The van der Waals surface area contributed by atoms with E-state index in [0.29, 0.717) is 35.8 Å². The number of carbonyl (C=O) groups is 2. The lowest BCUT2D eigenvalue weighted by Gasteiger charge is -2.60. The monoisotopic (exact) mass is 412 g/mol. The zero-order chi connectivity index (χ0) is 21.1. The van der Waals surface area contributed by atoms with E-state index in [-0.39, 0.29) is 23.8 Å². The first-order valence-electron chi connectivity index (χ1n) is 11.9. The van der Waals surface area contributed by atoms with Crippen molar-refractivity contribution in [3.8, 4) is 0 Å². The molecular weight excluding hydrogens is 376 g/mol. The number of fused-ring (bicyclic) bond motifs is 5. The van der Waals surface area contributed by atoms with Crippen LogP contribution < -0.4 is 11.1 Å². The second kappa shape index (κ2) is 7.22. The van der Waals surface area contributed by atoms with E-state index in [2.05, 4.69) is 25.2 Å². The van der Waals surface area contributed by atoms with Gasteiger partial charge < -0.3 is 15.8 Å². The molecule has 1 heterocycles. The van der Waals surface area contributed by atoms with Crippen LogP contribution in [0.3, 0.4) is 0 Å². The van der Waals surface area contributed by atoms with Crippen LogP contribution in [0.2, 0.25) is 0 Å². The quantitative estimate of drug-likeness (QED) is 0.549. The van der Waals surface area contributed by atoms with E-state index >= 15 is 0 Å². The maximum absolute atomic E-state index is 11.8. The maximum Gasteiger partial charge on any atom is 0.331 e. The number of allylic oxidation sites excluding steroid dienone is 2. The van der Waals surface area contributed by atoms with Gasteiger partial charge in [-0.25, -0.2) is 4.79 Å². The van der Waals surface area contributed by atoms with E-state index in [1.165, 1.54) is 37.7 Å². The van der Waals surface area contributed by atoms with Gasteiger partial charge in [0.15, 0.2) is 0 Å². The maximum atomic E-state index is 11.8. The Morgan fingerprint density at radius 2 is 2.07 bits per heavy atom. The fraction of sp³-hybridized carbons (Fsp3) is 0.760. The summed E-state index contributed by atoms with van der Waals surface area (Å²) < 4.78 is 5.25. The second-order valence-corrected chi connectivity index (χ2v) is 11.0. The normalized spacial score (nSPS) is 44.9. The average molecular weight is 413 g/mol. The van der Waals surface area contributed by atoms with Gasteiger partial charge in [0.2, 0.25) is 5.91 Å². The molecule has 3 saturated carbocycles. The Labute approximate surface area is 179 Å². The molecule has 1 amide bonds. The summed E-state index contributed by atoms with van der Waals surface area (Å²) in [6, 6.07) is 0.298. The largest absolute Gasteiger partial charge is 0.458 e. The third kappa shape index (κ3) is 2.99. The number of esters is 1. The van der Waals surface area contributed by atoms with Crippen molar-refractivity contribution in [1.82, 2.24) is 5.32 Å². The molecule has 0 aromatic carbocycles. The van der Waals surface area contributed by atoms with Gasteiger partial charge >= 0.3 is 5.97 Å². The first-order chi connectivity index (χ1) is 14.3. The van der Waals surface area contributed by atoms with Crippen LogP contribution >= 0.6 is 0 Å². The minimum Gasteiger partial charge on any atom is -0.458 e. The minimum absolute atomic E-state index is 0.0171. The zero-order valence-electron chi connectivity index (χ0n) is 18.4. The summed E-state index contributed by atoms with van der Waals surface area (Å²) in [5, 5.41) is 3.15. The van der Waals surface area contributed by atoms with Gasteiger partial charge in [-0.3, -0.25) is 4.79 Å². The second-order valence-electron chi connectivity index (χ2n) is 11.0. The number of nitrogens with one attached hydrogen (secondary N) is 1. The van der Waals surface area contributed by atoms with E-state index < -0.39 is 0 Å². The van der Waals surface area contributed by atoms with Crippen LogP contribution in [0.25, 0.3) is 0 Å². The molecule has 0 aromatic rings. The van der Waals surface area contributed by atoms with E-state index in [1.807, 2.05) is 0 Å². The van der Waals surface area contributed by atoms with Gasteiger partial charge in [0, 0.05) is 12.1 Å². The lowest BCUT2D eigenvalue weighted by molar-refractivity contribution is -0.135. The molecule has 1 aliphatic heterocycles. The number of hydrogen-bond acceptors (Lipinski definition) is 4. The molecule has 5 heteroatoms. The third-order valence-electron chi connectivity index (χ3n) is 9.75. The molecule has 164 valence electrons. The van der Waals surface area contributed by atoms with Gasteiger partial charge in [0.1, 0.15) is 6.61 Å². The molecule has 7 atom stereocenters. The Bertz CT molecular complexity index is 817. The third-order valence-corrected chi connectivity index (χ3v) is 9.75. The molecule has 3 fully saturated rings. The van der Waals surface area contributed by atoms with Crippen molar-refractivity contribution in [3.63, 3.8) is 0 Å². The summed E-state index contributed by atoms with van der Waals surface area (Å²) in [7, 11) is 0. The molecule has 0 aromatic heterocycles. The fourth-order valence-electron chi connectivity index (χ4n) is 8.16. The summed E-state index contributed by atoms with van der Waals surface area (Å²) in [5.41, 5.74) is 8.97. The van der Waals surface area contributed by atoms with Crippen LogP contribution in [0.1, 0.15) is 65.2 Å². The first kappa shape index (κ1) is 20.3. The Balaban J connectivity index is 1.34. The molecule has 0 radical (unpaired) electrons. The Kier molecular flexibility index (Phi) is 4.88. The van der Waals surface area contributed by atoms with Gasteiger partial charge in [-0.05, 0) is 91.4 Å². The van der Waals surface area contributed by atoms with Crippen LogP contribution in [0.15, 0.2) is 23.3 Å². The lowest BCUT2D eigenvalue weighted by Crippen LogP contribution is -2.54. The van der Waals surface area contributed by atoms with Gasteiger partial charge in [0.25, 0.3) is 0 Å². The van der Waals surface area contributed by atoms with Crippen LogP contribution in [-0.4, -0.2) is 31.1 Å². The predicted molar refractivity (Wildman–Crippen MR) is 115 cm³/mol. The smallest absolute Gasteiger partial charge is 0.331 e. The van der Waals surface area contributed by atoms with Crippen LogP contribution in [0.4, 0.5) is 0 Å². The minimum atomic E-state index is -0.165. The van der Waals surface area contributed by atoms with Gasteiger partial charge in [-0.1, -0.05) is 25.5 Å². The van der Waals surface area contributed by atoms with Crippen molar-refractivity contribution < 1.29 is 14.3 Å². The van der Waals surface area contributed by atoms with Gasteiger partial charge in [0.05, 0.1) is 6.54 Å². The number of ether oxygens (including phenoxy) is 1. The van der Waals surface area contributed by atoms with Crippen molar-refractivity contribution >= 4 is 11.9 Å². The Morgan fingerprint density at radius 1 is 1.23 bits per heavy atom. The highest BCUT2D eigenvalue weighted by atomic mass is 16.5. The highest BCUT2D eigenvalue weighted by molar-refractivity contribution is 5.85. The van der Waals surface area contributed by atoms with Crippen molar-refractivity contribution in [2.24, 2.45) is 40.2 Å². The van der Waals surface area contributed by atoms with Crippen LogP contribution in [0, 0.1) is 34.5 Å². The molecule has 3 N–H and O–H groups in total. The number of carbonyl (C=O) groups excluding carboxylic acids is 2. The molecule has 0 bridgehead atoms. The number of cyclic esters (lactones) is 1. The molecule has 0 saturated heterocycles. The summed E-state index contributed by atoms with van der Waals surface area (Å²) in [6.07, 6.45) is 13.8. The topological polar surface area (TPSA) is 81.4 Å². The van der Waals surface area contributed by atoms with Gasteiger partial charge in [-0.2, -0.15) is 0 Å². The SMILES string of the molecule is C[C@]12CC[C@H](NC(=O)CN)C[C@H]1CC[C@H]1C3=CC[C@H](C4=CC(=O)OC4)[C@@]3(C)CC[C@@H]12. The van der Waals surface area contributed by atoms with Crippen molar-refractivity contribution in [2.75, 3.05) is 13.2 Å².